The van der Waals surface area contributed by atoms with Gasteiger partial charge in [0.15, 0.2) is 0 Å². The molecule has 2 N–H and O–H groups in total. The third-order valence-electron chi connectivity index (χ3n) is 3.09. The summed E-state index contributed by atoms with van der Waals surface area (Å²) in [5.74, 6) is 0. The van der Waals surface area contributed by atoms with Gasteiger partial charge in [0.2, 0.25) is 0 Å². The van der Waals surface area contributed by atoms with Crippen molar-refractivity contribution in [3.8, 4) is 0 Å². The number of benzene rings is 1. The summed E-state index contributed by atoms with van der Waals surface area (Å²) < 4.78 is 0. The van der Waals surface area contributed by atoms with Crippen LogP contribution in [0.2, 0.25) is 0 Å². The van der Waals surface area contributed by atoms with Gasteiger partial charge in [0.1, 0.15) is 0 Å². The standard InChI is InChI=1S/C15H26N2/c1-4-8-15(16)12-17(13(2)3)11-14-9-6-5-7-10-14/h5-7,9-10,13,15H,4,8,11-12,16H2,1-3H3/t15-/m1/s1. The number of nitrogens with zero attached hydrogens (tertiary/aromatic N) is 1. The molecular formula is C15H26N2. The Balaban J connectivity index is 2.55. The van der Waals surface area contributed by atoms with Crippen LogP contribution in [0.4, 0.5) is 0 Å². The molecule has 0 bridgehead atoms. The van der Waals surface area contributed by atoms with Crippen molar-refractivity contribution in [2.24, 2.45) is 5.73 Å². The zero-order chi connectivity index (χ0) is 12.7. The van der Waals surface area contributed by atoms with Crippen LogP contribution in [-0.2, 0) is 6.54 Å². The van der Waals surface area contributed by atoms with Crippen molar-refractivity contribution in [1.29, 1.82) is 0 Å². The Morgan fingerprint density at radius 1 is 1.18 bits per heavy atom. The fourth-order valence-electron chi connectivity index (χ4n) is 2.04. The second-order valence-electron chi connectivity index (χ2n) is 5.06. The summed E-state index contributed by atoms with van der Waals surface area (Å²) in [4.78, 5) is 2.45. The van der Waals surface area contributed by atoms with Gasteiger partial charge in [-0.05, 0) is 25.8 Å². The predicted molar refractivity (Wildman–Crippen MR) is 74.9 cm³/mol. The number of rotatable bonds is 7. The Bertz CT molecular complexity index is 295. The highest BCUT2D eigenvalue weighted by molar-refractivity contribution is 5.14. The Morgan fingerprint density at radius 3 is 2.35 bits per heavy atom. The van der Waals surface area contributed by atoms with Crippen LogP contribution in [0.1, 0.15) is 39.2 Å². The summed E-state index contributed by atoms with van der Waals surface area (Å²) in [6, 6.07) is 11.5. The van der Waals surface area contributed by atoms with E-state index in [0.29, 0.717) is 12.1 Å². The topological polar surface area (TPSA) is 29.3 Å². The molecule has 0 aliphatic rings. The summed E-state index contributed by atoms with van der Waals surface area (Å²) in [6.07, 6.45) is 2.27. The van der Waals surface area contributed by atoms with Gasteiger partial charge in [0.05, 0.1) is 0 Å². The van der Waals surface area contributed by atoms with Gasteiger partial charge in [-0.3, -0.25) is 4.90 Å². The van der Waals surface area contributed by atoms with Crippen molar-refractivity contribution in [2.75, 3.05) is 6.54 Å². The van der Waals surface area contributed by atoms with Gasteiger partial charge in [-0.15, -0.1) is 0 Å². The molecule has 2 nitrogen and oxygen atoms in total. The molecule has 1 aromatic carbocycles. The largest absolute Gasteiger partial charge is 0.327 e. The highest BCUT2D eigenvalue weighted by Crippen LogP contribution is 2.09. The van der Waals surface area contributed by atoms with Crippen molar-refractivity contribution in [2.45, 2.75) is 52.2 Å². The maximum atomic E-state index is 6.13. The average Bonchev–Trinajstić information content (AvgIpc) is 2.29. The second-order valence-corrected chi connectivity index (χ2v) is 5.06. The molecule has 0 heterocycles. The van der Waals surface area contributed by atoms with Crippen LogP contribution >= 0.6 is 0 Å². The Labute approximate surface area is 106 Å². The molecule has 0 saturated heterocycles. The lowest BCUT2D eigenvalue weighted by molar-refractivity contribution is 0.196. The molecule has 0 fully saturated rings. The molecule has 96 valence electrons. The fourth-order valence-corrected chi connectivity index (χ4v) is 2.04. The van der Waals surface area contributed by atoms with Crippen LogP contribution in [0.15, 0.2) is 30.3 Å². The first kappa shape index (κ1) is 14.2. The molecule has 0 saturated carbocycles. The first-order valence-electron chi connectivity index (χ1n) is 6.67. The summed E-state index contributed by atoms with van der Waals surface area (Å²) >= 11 is 0. The normalized spacial score (nSPS) is 13.3. The molecule has 17 heavy (non-hydrogen) atoms. The summed E-state index contributed by atoms with van der Waals surface area (Å²) in [7, 11) is 0. The molecule has 1 rings (SSSR count). The summed E-state index contributed by atoms with van der Waals surface area (Å²) in [6.45, 7) is 8.65. The van der Waals surface area contributed by atoms with Crippen molar-refractivity contribution < 1.29 is 0 Å². The SMILES string of the molecule is CCC[C@@H](N)CN(Cc1ccccc1)C(C)C. The van der Waals surface area contributed by atoms with Gasteiger partial charge in [-0.1, -0.05) is 43.7 Å². The van der Waals surface area contributed by atoms with Crippen molar-refractivity contribution in [3.63, 3.8) is 0 Å². The number of hydrogen-bond donors (Lipinski definition) is 1. The molecule has 0 amide bonds. The molecule has 1 atom stereocenters. The van der Waals surface area contributed by atoms with E-state index in [1.54, 1.807) is 0 Å². The van der Waals surface area contributed by atoms with Crippen molar-refractivity contribution >= 4 is 0 Å². The van der Waals surface area contributed by atoms with E-state index in [1.807, 2.05) is 0 Å². The molecule has 1 aromatic rings. The maximum absolute atomic E-state index is 6.13. The zero-order valence-corrected chi connectivity index (χ0v) is 11.4. The van der Waals surface area contributed by atoms with Crippen LogP contribution in [-0.4, -0.2) is 23.5 Å². The predicted octanol–water partition coefficient (Wildman–Crippen LogP) is 3.02. The monoisotopic (exact) mass is 234 g/mol. The fraction of sp³-hybridized carbons (Fsp3) is 0.600. The minimum Gasteiger partial charge on any atom is -0.327 e. The lowest BCUT2D eigenvalue weighted by Crippen LogP contribution is -2.40. The average molecular weight is 234 g/mol. The molecule has 0 radical (unpaired) electrons. The first-order valence-corrected chi connectivity index (χ1v) is 6.67. The molecule has 2 heteroatoms. The van der Waals surface area contributed by atoms with Gasteiger partial charge in [0.25, 0.3) is 0 Å². The van der Waals surface area contributed by atoms with E-state index < -0.39 is 0 Å². The highest BCUT2D eigenvalue weighted by atomic mass is 15.2. The number of nitrogens with two attached hydrogens (primary N) is 1. The minimum absolute atomic E-state index is 0.297. The molecule has 0 aliphatic carbocycles. The Kier molecular flexibility index (Phi) is 6.23. The van der Waals surface area contributed by atoms with Gasteiger partial charge in [0, 0.05) is 25.2 Å². The minimum atomic E-state index is 0.297. The van der Waals surface area contributed by atoms with Gasteiger partial charge in [-0.25, -0.2) is 0 Å². The second kappa shape index (κ2) is 7.46. The van der Waals surface area contributed by atoms with Gasteiger partial charge in [-0.2, -0.15) is 0 Å². The first-order chi connectivity index (χ1) is 8.13. The van der Waals surface area contributed by atoms with Crippen LogP contribution in [0.25, 0.3) is 0 Å². The molecule has 0 spiro atoms. The lowest BCUT2D eigenvalue weighted by atomic mass is 10.1. The van der Waals surface area contributed by atoms with Crippen LogP contribution < -0.4 is 5.73 Å². The van der Waals surface area contributed by atoms with E-state index in [1.165, 1.54) is 12.0 Å². The van der Waals surface area contributed by atoms with E-state index in [9.17, 15) is 0 Å². The van der Waals surface area contributed by atoms with Gasteiger partial charge < -0.3 is 5.73 Å². The quantitative estimate of drug-likeness (QED) is 0.786. The van der Waals surface area contributed by atoms with Gasteiger partial charge >= 0.3 is 0 Å². The van der Waals surface area contributed by atoms with Crippen LogP contribution in [0.5, 0.6) is 0 Å². The van der Waals surface area contributed by atoms with E-state index >= 15 is 0 Å². The summed E-state index contributed by atoms with van der Waals surface area (Å²) in [5, 5.41) is 0. The molecule has 0 unspecified atom stereocenters. The maximum Gasteiger partial charge on any atom is 0.0237 e. The van der Waals surface area contributed by atoms with E-state index in [4.69, 9.17) is 5.73 Å². The van der Waals surface area contributed by atoms with Crippen LogP contribution in [0.3, 0.4) is 0 Å². The smallest absolute Gasteiger partial charge is 0.0237 e. The molecule has 0 aliphatic heterocycles. The number of hydrogen-bond acceptors (Lipinski definition) is 2. The van der Waals surface area contributed by atoms with E-state index in [0.717, 1.165) is 19.5 Å². The third kappa shape index (κ3) is 5.33. The van der Waals surface area contributed by atoms with E-state index in [-0.39, 0.29) is 0 Å². The zero-order valence-electron chi connectivity index (χ0n) is 11.4. The molecule has 0 aromatic heterocycles. The highest BCUT2D eigenvalue weighted by Gasteiger charge is 2.13. The summed E-state index contributed by atoms with van der Waals surface area (Å²) in [5.41, 5.74) is 7.50. The lowest BCUT2D eigenvalue weighted by Gasteiger charge is -2.29. The van der Waals surface area contributed by atoms with Crippen molar-refractivity contribution in [1.82, 2.24) is 4.90 Å². The Morgan fingerprint density at radius 2 is 1.82 bits per heavy atom. The molecular weight excluding hydrogens is 208 g/mol. The van der Waals surface area contributed by atoms with Crippen LogP contribution in [0, 0.1) is 0 Å². The third-order valence-corrected chi connectivity index (χ3v) is 3.09. The van der Waals surface area contributed by atoms with E-state index in [2.05, 4.69) is 56.0 Å². The van der Waals surface area contributed by atoms with Crippen molar-refractivity contribution in [3.05, 3.63) is 35.9 Å². The Hall–Kier alpha value is -0.860.